The lowest BCUT2D eigenvalue weighted by atomic mass is 9.95. The standard InChI is InChI=1S/C120H132O24Si/c1-8-69-125-117-110(141-114(121)95-63-39-18-40-64-95)106(130-75-91-55-31-14-32-56-91)103(127-72-88-49-25-11-26-50-88)99(137-117)80-134-118-111(142-115(122)96-65-41-19-42-66-96)107(131-76-92-57-33-15-34-58-92)104(128-73-89-51-27-12-28-52-89)100(138-118)81-135-119-112(108(132-77-93-59-35-16-36-60-93)105(129-74-90-53-29-13-30-54-90)101(139-119)82-136-145(83(2)3,84(4)5)85(6)7)144-120-113(143-116(123)97-67-43-20-44-68-97)109(133-78-94-61-37-17-38-62-94)102(126-71-87-47-23-10-24-48-87)98(140-120)79-124-70-86-45-21-9-22-46-86/h8-68,83-85,98-113,117-120H,1,69-82H2,2-7H3/t98-,99-,100-,101-,102-,103-,104-,105-,106+,107+,108+,109+,110+,111+,112+,113+,117+,118+,119+,120-/m1/s1. The van der Waals surface area contributed by atoms with Crippen LogP contribution in [0.1, 0.15) is 123 Å². The van der Waals surface area contributed by atoms with E-state index in [-0.39, 0.29) is 113 Å². The van der Waals surface area contributed by atoms with Crippen LogP contribution in [-0.4, -0.2) is 182 Å². The van der Waals surface area contributed by atoms with Gasteiger partial charge in [0.15, 0.2) is 51.8 Å². The Morgan fingerprint density at radius 2 is 0.462 bits per heavy atom. The van der Waals surface area contributed by atoms with Crippen LogP contribution in [0.5, 0.6) is 0 Å². The lowest BCUT2D eigenvalue weighted by Crippen LogP contribution is -2.67. The van der Waals surface area contributed by atoms with Crippen molar-refractivity contribution >= 4 is 26.2 Å². The fraction of sp³-hybridized carbons (Fsp3) is 0.358. The van der Waals surface area contributed by atoms with Gasteiger partial charge in [0.05, 0.1) is 109 Å². The van der Waals surface area contributed by atoms with Gasteiger partial charge in [-0.15, -0.1) is 6.58 Å². The van der Waals surface area contributed by atoms with E-state index in [1.807, 2.05) is 285 Å². The van der Waals surface area contributed by atoms with Crippen LogP contribution in [0.3, 0.4) is 0 Å². The van der Waals surface area contributed by atoms with Gasteiger partial charge in [0.2, 0.25) is 0 Å². The zero-order chi connectivity index (χ0) is 100. The minimum atomic E-state index is -2.85. The third kappa shape index (κ3) is 29.4. The Balaban J connectivity index is 0.862. The molecule has 12 aromatic rings. The summed E-state index contributed by atoms with van der Waals surface area (Å²) in [6.07, 6.45) is -24.7. The molecule has 0 unspecified atom stereocenters. The topological polar surface area (TPSA) is 245 Å². The van der Waals surface area contributed by atoms with Crippen LogP contribution in [0.4, 0.5) is 0 Å². The van der Waals surface area contributed by atoms with Crippen molar-refractivity contribution in [3.05, 3.63) is 443 Å². The summed E-state index contributed by atoms with van der Waals surface area (Å²) < 4.78 is 154. The zero-order valence-corrected chi connectivity index (χ0v) is 83.9. The van der Waals surface area contributed by atoms with Crippen molar-refractivity contribution in [2.24, 2.45) is 0 Å². The van der Waals surface area contributed by atoms with Crippen molar-refractivity contribution in [2.75, 3.05) is 33.0 Å². The highest BCUT2D eigenvalue weighted by Crippen LogP contribution is 2.45. The number of esters is 3. The molecule has 0 aliphatic carbocycles. The molecule has 4 aliphatic heterocycles. The number of carbonyl (C=O) groups is 3. The molecule has 16 rings (SSSR count). The molecule has 0 spiro atoms. The minimum Gasteiger partial charge on any atom is -0.450 e. The highest BCUT2D eigenvalue weighted by molar-refractivity contribution is 6.77. The van der Waals surface area contributed by atoms with E-state index in [0.717, 1.165) is 50.1 Å². The molecule has 4 saturated heterocycles. The van der Waals surface area contributed by atoms with Gasteiger partial charge in [0.1, 0.15) is 79.4 Å². The van der Waals surface area contributed by atoms with Crippen LogP contribution in [0.2, 0.25) is 16.6 Å². The first-order chi connectivity index (χ1) is 71.1. The summed E-state index contributed by atoms with van der Waals surface area (Å²) in [6, 6.07) is 113. The molecule has 4 aliphatic rings. The molecule has 20 atom stereocenters. The summed E-state index contributed by atoms with van der Waals surface area (Å²) in [5.41, 5.74) is 8.34. The molecule has 0 amide bonds. The lowest BCUT2D eigenvalue weighted by Gasteiger charge is -2.51. The molecule has 0 aromatic heterocycles. The van der Waals surface area contributed by atoms with Crippen molar-refractivity contribution in [3.8, 4) is 0 Å². The van der Waals surface area contributed by atoms with Crippen molar-refractivity contribution in [2.45, 2.75) is 240 Å². The van der Waals surface area contributed by atoms with E-state index in [9.17, 15) is 4.79 Å². The molecule has 0 N–H and O–H groups in total. The van der Waals surface area contributed by atoms with Gasteiger partial charge < -0.3 is 99.2 Å². The second kappa shape index (κ2) is 54.6. The van der Waals surface area contributed by atoms with Crippen molar-refractivity contribution < 1.29 is 114 Å². The first-order valence-electron chi connectivity index (χ1n) is 50.1. The molecule has 12 aromatic carbocycles. The minimum absolute atomic E-state index is 0.00587. The molecule has 24 nitrogen and oxygen atoms in total. The lowest BCUT2D eigenvalue weighted by molar-refractivity contribution is -0.384. The van der Waals surface area contributed by atoms with E-state index in [0.29, 0.717) is 0 Å². The third-order valence-corrected chi connectivity index (χ3v) is 32.6. The molecule has 760 valence electrons. The van der Waals surface area contributed by atoms with Crippen LogP contribution < -0.4 is 0 Å². The predicted molar refractivity (Wildman–Crippen MR) is 548 cm³/mol. The number of hydrogen-bond donors (Lipinski definition) is 0. The van der Waals surface area contributed by atoms with Crippen molar-refractivity contribution in [1.29, 1.82) is 0 Å². The largest absolute Gasteiger partial charge is 0.450 e. The summed E-state index contributed by atoms with van der Waals surface area (Å²) in [4.78, 5) is 45.9. The summed E-state index contributed by atoms with van der Waals surface area (Å²) in [5.74, 6) is -2.15. The van der Waals surface area contributed by atoms with Crippen LogP contribution in [0, 0.1) is 0 Å². The molecule has 4 heterocycles. The van der Waals surface area contributed by atoms with Gasteiger partial charge in [-0.25, -0.2) is 14.4 Å². The highest BCUT2D eigenvalue weighted by atomic mass is 28.4. The molecule has 25 heteroatoms. The van der Waals surface area contributed by atoms with Gasteiger partial charge in [-0.3, -0.25) is 0 Å². The number of benzene rings is 12. The Hall–Kier alpha value is -11.7. The van der Waals surface area contributed by atoms with E-state index in [4.69, 9.17) is 99.2 Å². The summed E-state index contributed by atoms with van der Waals surface area (Å²) in [6.45, 7) is 16.5. The highest BCUT2D eigenvalue weighted by Gasteiger charge is 2.59. The maximum absolute atomic E-state index is 15.6. The average molecular weight is 1990 g/mol. The Bertz CT molecular complexity index is 5750. The fourth-order valence-corrected chi connectivity index (χ4v) is 24.8. The monoisotopic (exact) mass is 1980 g/mol. The number of rotatable bonds is 51. The predicted octanol–water partition coefficient (Wildman–Crippen LogP) is 21.3. The van der Waals surface area contributed by atoms with Gasteiger partial charge >= 0.3 is 17.9 Å². The van der Waals surface area contributed by atoms with Gasteiger partial charge in [-0.05, 0) is 103 Å². The average Bonchev–Trinajstić information content (AvgIpc) is 0.757. The second-order valence-electron chi connectivity index (χ2n) is 37.5. The SMILES string of the molecule is C=CCO[C@H]1O[C@H](CO[C@H]2O[C@H](CO[C@H]3O[C@H](CO[Si](C(C)C)(C(C)C)C(C)C)[C@@H](OCc4ccccc4)[C@H](OCc4ccccc4)[C@@H]3O[C@H]3O[C@H](COCc4ccccc4)[C@@H](OCc4ccccc4)[C@H](OCc4ccccc4)[C@@H]3OC(=O)c3ccccc3)[C@@H](OCc3ccccc3)[C@H](OCc3ccccc3)[C@@H]2OC(=O)c2ccccc2)[C@@H](OCc2ccccc2)[C@H](OCc2ccccc2)[C@@H]1OC(=O)c1ccccc1. The van der Waals surface area contributed by atoms with Gasteiger partial charge in [0.25, 0.3) is 0 Å². The molecular weight excluding hydrogens is 1850 g/mol. The Labute approximate surface area is 851 Å². The molecule has 145 heavy (non-hydrogen) atoms. The number of ether oxygens (including phenoxy) is 20. The first kappa shape index (κ1) is 106. The smallest absolute Gasteiger partial charge is 0.338 e. The van der Waals surface area contributed by atoms with Crippen LogP contribution in [-0.2, 0) is 159 Å². The number of hydrogen-bond acceptors (Lipinski definition) is 24. The third-order valence-electron chi connectivity index (χ3n) is 26.5. The summed E-state index contributed by atoms with van der Waals surface area (Å²) in [5, 5.41) is 0. The van der Waals surface area contributed by atoms with E-state index in [2.05, 4.69) is 48.1 Å². The van der Waals surface area contributed by atoms with Crippen molar-refractivity contribution in [1.82, 2.24) is 0 Å². The molecule has 0 radical (unpaired) electrons. The van der Waals surface area contributed by atoms with Crippen LogP contribution in [0.25, 0.3) is 0 Å². The molecule has 4 fully saturated rings. The Morgan fingerprint density at radius 3 is 0.731 bits per heavy atom. The van der Waals surface area contributed by atoms with E-state index in [1.165, 1.54) is 0 Å². The fourth-order valence-electron chi connectivity index (χ4n) is 19.4. The molecule has 0 saturated carbocycles. The first-order valence-corrected chi connectivity index (χ1v) is 52.2. The van der Waals surface area contributed by atoms with E-state index < -0.39 is 162 Å². The number of carbonyl (C=O) groups excluding carboxylic acids is 3. The molecule has 0 bridgehead atoms. The zero-order valence-electron chi connectivity index (χ0n) is 82.9. The van der Waals surface area contributed by atoms with Gasteiger partial charge in [-0.1, -0.05) is 375 Å². The van der Waals surface area contributed by atoms with Gasteiger partial charge in [-0.2, -0.15) is 0 Å². The maximum Gasteiger partial charge on any atom is 0.338 e. The normalized spacial score (nSPS) is 24.3. The quantitative estimate of drug-likeness (QED) is 0.0149. The van der Waals surface area contributed by atoms with Crippen LogP contribution in [0.15, 0.2) is 377 Å². The summed E-state index contributed by atoms with van der Waals surface area (Å²) in [7, 11) is -2.85. The molecular formula is C120H132O24Si. The second-order valence-corrected chi connectivity index (χ2v) is 42.9. The van der Waals surface area contributed by atoms with Gasteiger partial charge in [0, 0.05) is 0 Å². The maximum atomic E-state index is 15.6. The Kier molecular flexibility index (Phi) is 40.0. The van der Waals surface area contributed by atoms with E-state index >= 15 is 9.59 Å². The summed E-state index contributed by atoms with van der Waals surface area (Å²) >= 11 is 0. The van der Waals surface area contributed by atoms with E-state index in [1.54, 1.807) is 84.9 Å². The van der Waals surface area contributed by atoms with Crippen LogP contribution >= 0.6 is 0 Å². The van der Waals surface area contributed by atoms with Crippen molar-refractivity contribution in [3.63, 3.8) is 0 Å². The Morgan fingerprint density at radius 1 is 0.248 bits per heavy atom.